The number of pyridine rings is 1. The van der Waals surface area contributed by atoms with E-state index in [0.29, 0.717) is 31.6 Å². The number of alkyl halides is 3. The van der Waals surface area contributed by atoms with Crippen molar-refractivity contribution < 1.29 is 18.0 Å². The summed E-state index contributed by atoms with van der Waals surface area (Å²) in [4.78, 5) is 22.3. The number of amides is 1. The molecule has 1 saturated heterocycles. The minimum atomic E-state index is -4.40. The zero-order valence-corrected chi connectivity index (χ0v) is 18.5. The molecular formula is C25H29F3N4O. The molecule has 1 aliphatic carbocycles. The van der Waals surface area contributed by atoms with Crippen LogP contribution in [0.3, 0.4) is 0 Å². The molecule has 8 heteroatoms. The van der Waals surface area contributed by atoms with Crippen LogP contribution < -0.4 is 15.1 Å². The van der Waals surface area contributed by atoms with Gasteiger partial charge in [-0.2, -0.15) is 13.2 Å². The van der Waals surface area contributed by atoms with E-state index >= 15 is 0 Å². The highest BCUT2D eigenvalue weighted by molar-refractivity contribution is 5.82. The highest BCUT2D eigenvalue weighted by Crippen LogP contribution is 2.40. The van der Waals surface area contributed by atoms with E-state index in [1.807, 2.05) is 18.2 Å². The first-order valence-electron chi connectivity index (χ1n) is 11.8. The zero-order chi connectivity index (χ0) is 23.0. The second kappa shape index (κ2) is 8.88. The topological polar surface area (TPSA) is 48.5 Å². The molecule has 1 amide bonds. The van der Waals surface area contributed by atoms with Gasteiger partial charge in [0.2, 0.25) is 5.91 Å². The summed E-state index contributed by atoms with van der Waals surface area (Å²) in [5, 5.41) is 3.23. The van der Waals surface area contributed by atoms with Gasteiger partial charge in [0.1, 0.15) is 5.82 Å². The summed E-state index contributed by atoms with van der Waals surface area (Å²) < 4.78 is 40.2. The molecule has 1 aromatic carbocycles. The smallest absolute Gasteiger partial charge is 0.364 e. The van der Waals surface area contributed by atoms with Crippen molar-refractivity contribution in [1.29, 1.82) is 0 Å². The third-order valence-electron chi connectivity index (χ3n) is 7.30. The van der Waals surface area contributed by atoms with Gasteiger partial charge in [0.25, 0.3) is 0 Å². The Labute approximate surface area is 192 Å². The number of halogens is 3. The summed E-state index contributed by atoms with van der Waals surface area (Å²) in [5.41, 5.74) is 0.768. The largest absolute Gasteiger partial charge is 0.416 e. The number of hydrogen-bond acceptors (Lipinski definition) is 4. The molecule has 1 N–H and O–H groups in total. The molecule has 2 fully saturated rings. The van der Waals surface area contributed by atoms with Crippen molar-refractivity contribution in [2.24, 2.45) is 5.92 Å². The molecule has 5 nitrogen and oxygen atoms in total. The predicted molar refractivity (Wildman–Crippen MR) is 121 cm³/mol. The van der Waals surface area contributed by atoms with E-state index in [4.69, 9.17) is 0 Å². The summed E-state index contributed by atoms with van der Waals surface area (Å²) in [6.45, 7) is 1.94. The fourth-order valence-electron chi connectivity index (χ4n) is 5.60. The van der Waals surface area contributed by atoms with Crippen molar-refractivity contribution >= 4 is 17.4 Å². The molecule has 2 aliphatic heterocycles. The monoisotopic (exact) mass is 458 g/mol. The van der Waals surface area contributed by atoms with E-state index < -0.39 is 17.7 Å². The van der Waals surface area contributed by atoms with Gasteiger partial charge in [-0.3, -0.25) is 4.79 Å². The van der Waals surface area contributed by atoms with Crippen LogP contribution in [0.5, 0.6) is 0 Å². The molecule has 1 saturated carbocycles. The van der Waals surface area contributed by atoms with E-state index in [9.17, 15) is 18.0 Å². The number of aromatic nitrogens is 1. The van der Waals surface area contributed by atoms with Crippen molar-refractivity contribution in [3.63, 3.8) is 0 Å². The van der Waals surface area contributed by atoms with Crippen LogP contribution in [0.2, 0.25) is 0 Å². The average Bonchev–Trinajstić information content (AvgIpc) is 2.83. The normalized spacial score (nSPS) is 23.6. The Morgan fingerprint density at radius 2 is 1.88 bits per heavy atom. The molecule has 1 aromatic heterocycles. The number of rotatable bonds is 3. The standard InChI is InChI=1S/C25H29F3N4O/c26-25(27,28)18-9-10-21-17(14-18)15-20(24(33)30-19-6-2-1-3-7-19)22-16-31(12-13-32(21)22)23-8-4-5-11-29-23/h4-5,8-11,14,19-20,22H,1-3,6-7,12-13,15-16H2,(H,30,33)/t20-,22+/m0/s1. The van der Waals surface area contributed by atoms with Crippen molar-refractivity contribution in [1.82, 2.24) is 10.3 Å². The Bertz CT molecular complexity index is 991. The lowest BCUT2D eigenvalue weighted by Gasteiger charge is -2.49. The highest BCUT2D eigenvalue weighted by atomic mass is 19.4. The number of anilines is 2. The summed E-state index contributed by atoms with van der Waals surface area (Å²) >= 11 is 0. The zero-order valence-electron chi connectivity index (χ0n) is 18.5. The molecule has 176 valence electrons. The molecule has 0 bridgehead atoms. The lowest BCUT2D eigenvalue weighted by Crippen LogP contribution is -2.62. The van der Waals surface area contributed by atoms with Gasteiger partial charge in [0.05, 0.1) is 17.5 Å². The van der Waals surface area contributed by atoms with E-state index in [1.165, 1.54) is 12.5 Å². The molecule has 0 spiro atoms. The molecule has 0 unspecified atom stereocenters. The van der Waals surface area contributed by atoms with Gasteiger partial charge < -0.3 is 15.1 Å². The van der Waals surface area contributed by atoms with Crippen LogP contribution in [0, 0.1) is 5.92 Å². The molecular weight excluding hydrogens is 429 g/mol. The number of nitrogens with zero attached hydrogens (tertiary/aromatic N) is 3. The van der Waals surface area contributed by atoms with E-state index in [0.717, 1.165) is 43.3 Å². The Morgan fingerprint density at radius 1 is 1.06 bits per heavy atom. The maximum absolute atomic E-state index is 13.5. The average molecular weight is 459 g/mol. The summed E-state index contributed by atoms with van der Waals surface area (Å²) in [5.74, 6) is 0.416. The number of fused-ring (bicyclic) bond motifs is 3. The van der Waals surface area contributed by atoms with Gasteiger partial charge in [-0.25, -0.2) is 4.98 Å². The van der Waals surface area contributed by atoms with Gasteiger partial charge in [0, 0.05) is 37.6 Å². The lowest BCUT2D eigenvalue weighted by atomic mass is 9.82. The lowest BCUT2D eigenvalue weighted by molar-refractivity contribution is -0.137. The second-order valence-electron chi connectivity index (χ2n) is 9.39. The van der Waals surface area contributed by atoms with Crippen molar-refractivity contribution in [3.05, 3.63) is 53.7 Å². The van der Waals surface area contributed by atoms with Crippen molar-refractivity contribution in [3.8, 4) is 0 Å². The first-order chi connectivity index (χ1) is 15.9. The van der Waals surface area contributed by atoms with Crippen LogP contribution >= 0.6 is 0 Å². The molecule has 2 atom stereocenters. The van der Waals surface area contributed by atoms with Crippen molar-refractivity contribution in [2.75, 3.05) is 29.4 Å². The fourth-order valence-corrected chi connectivity index (χ4v) is 5.60. The molecule has 33 heavy (non-hydrogen) atoms. The van der Waals surface area contributed by atoms with Gasteiger partial charge in [0.15, 0.2) is 0 Å². The van der Waals surface area contributed by atoms with Gasteiger partial charge in [-0.15, -0.1) is 0 Å². The number of benzene rings is 1. The maximum Gasteiger partial charge on any atom is 0.416 e. The summed E-state index contributed by atoms with van der Waals surface area (Å²) in [6.07, 6.45) is 3.03. The molecule has 5 rings (SSSR count). The van der Waals surface area contributed by atoms with Crippen LogP contribution in [0.4, 0.5) is 24.7 Å². The summed E-state index contributed by atoms with van der Waals surface area (Å²) in [7, 11) is 0. The maximum atomic E-state index is 13.5. The first kappa shape index (κ1) is 22.0. The summed E-state index contributed by atoms with van der Waals surface area (Å²) in [6, 6.07) is 9.79. The Hall–Kier alpha value is -2.77. The fraction of sp³-hybridized carbons (Fsp3) is 0.520. The third-order valence-corrected chi connectivity index (χ3v) is 7.30. The van der Waals surface area contributed by atoms with Gasteiger partial charge in [-0.05, 0) is 55.2 Å². The Balaban J connectivity index is 1.45. The van der Waals surface area contributed by atoms with E-state index in [-0.39, 0.29) is 18.0 Å². The minimum absolute atomic E-state index is 0.0390. The van der Waals surface area contributed by atoms with E-state index in [1.54, 1.807) is 12.3 Å². The predicted octanol–water partition coefficient (Wildman–Crippen LogP) is 4.42. The Kier molecular flexibility index (Phi) is 5.93. The number of carbonyl (C=O) groups is 1. The quantitative estimate of drug-likeness (QED) is 0.740. The molecule has 2 aromatic rings. The Morgan fingerprint density at radius 3 is 2.61 bits per heavy atom. The number of hydrogen-bond donors (Lipinski definition) is 1. The van der Waals surface area contributed by atoms with Crippen LogP contribution in [-0.4, -0.2) is 42.6 Å². The first-order valence-corrected chi connectivity index (χ1v) is 11.8. The van der Waals surface area contributed by atoms with Crippen molar-refractivity contribution in [2.45, 2.75) is 56.8 Å². The van der Waals surface area contributed by atoms with Crippen LogP contribution in [0.15, 0.2) is 42.6 Å². The molecule has 0 radical (unpaired) electrons. The number of nitrogens with one attached hydrogen (secondary N) is 1. The highest BCUT2D eigenvalue weighted by Gasteiger charge is 2.43. The molecule has 3 heterocycles. The SMILES string of the molecule is O=C(NC1CCCCC1)[C@H]1Cc2cc(C(F)(F)F)ccc2N2CCN(c3ccccn3)C[C@H]12. The molecule has 3 aliphatic rings. The van der Waals surface area contributed by atoms with Crippen LogP contribution in [-0.2, 0) is 17.4 Å². The van der Waals surface area contributed by atoms with Gasteiger partial charge >= 0.3 is 6.18 Å². The number of carbonyl (C=O) groups excluding carboxylic acids is 1. The second-order valence-corrected chi connectivity index (χ2v) is 9.39. The van der Waals surface area contributed by atoms with E-state index in [2.05, 4.69) is 20.1 Å². The van der Waals surface area contributed by atoms with Crippen LogP contribution in [0.25, 0.3) is 0 Å². The van der Waals surface area contributed by atoms with Gasteiger partial charge in [-0.1, -0.05) is 25.3 Å². The third kappa shape index (κ3) is 4.52. The number of piperazine rings is 1. The van der Waals surface area contributed by atoms with Crippen LogP contribution in [0.1, 0.15) is 43.2 Å². The minimum Gasteiger partial charge on any atom is -0.364 e.